The van der Waals surface area contributed by atoms with Crippen molar-refractivity contribution in [1.29, 1.82) is 0 Å². The third kappa shape index (κ3) is 4.67. The smallest absolute Gasteiger partial charge is 0.164 e. The third-order valence-corrected chi connectivity index (χ3v) is 9.36. The monoisotopic (exact) mass is 641 g/mol. The second-order valence-electron chi connectivity index (χ2n) is 12.4. The number of benzene rings is 7. The van der Waals surface area contributed by atoms with Gasteiger partial charge in [0.25, 0.3) is 0 Å². The van der Waals surface area contributed by atoms with E-state index in [0.717, 1.165) is 82.8 Å². The molecule has 0 bridgehead atoms. The SMILES string of the molecule is c1ccc(-c2nc(-c3ccccc3)nc(-c3ccc4c(c3)oc3cccc(-c5ccccc5-c5ccc6oc7ccccc7c6c5)c34)n2)cc1. The van der Waals surface area contributed by atoms with Crippen LogP contribution >= 0.6 is 0 Å². The van der Waals surface area contributed by atoms with Gasteiger partial charge in [-0.05, 0) is 58.7 Å². The first kappa shape index (κ1) is 28.2. The van der Waals surface area contributed by atoms with Gasteiger partial charge in [0.05, 0.1) is 0 Å². The Kier molecular flexibility index (Phi) is 6.42. The second kappa shape index (κ2) is 11.4. The summed E-state index contributed by atoms with van der Waals surface area (Å²) in [6.07, 6.45) is 0. The van der Waals surface area contributed by atoms with Gasteiger partial charge in [-0.15, -0.1) is 0 Å². The summed E-state index contributed by atoms with van der Waals surface area (Å²) < 4.78 is 12.7. The molecule has 0 aliphatic heterocycles. The van der Waals surface area contributed by atoms with Crippen LogP contribution in [0, 0.1) is 0 Å². The summed E-state index contributed by atoms with van der Waals surface area (Å²) in [7, 11) is 0. The van der Waals surface area contributed by atoms with Gasteiger partial charge in [-0.1, -0.05) is 127 Å². The molecule has 5 nitrogen and oxygen atoms in total. The van der Waals surface area contributed by atoms with Gasteiger partial charge in [-0.25, -0.2) is 15.0 Å². The van der Waals surface area contributed by atoms with Crippen LogP contribution in [-0.4, -0.2) is 15.0 Å². The standard InChI is InChI=1S/C45H27N3O2/c1-3-12-28(13-4-1)43-46-44(29-14-5-2-6-15-29)48-45(47-43)31-22-24-36-41(27-31)50-40-21-11-19-35(42(36)40)33-17-8-7-16-32(33)30-23-25-39-37(26-30)34-18-9-10-20-38(34)49-39/h1-27H. The summed E-state index contributed by atoms with van der Waals surface area (Å²) >= 11 is 0. The largest absolute Gasteiger partial charge is 0.456 e. The normalized spacial score (nSPS) is 11.6. The van der Waals surface area contributed by atoms with Gasteiger partial charge in [-0.3, -0.25) is 0 Å². The van der Waals surface area contributed by atoms with E-state index in [1.807, 2.05) is 84.9 Å². The lowest BCUT2D eigenvalue weighted by molar-refractivity contribution is 0.668. The number of furan rings is 2. The minimum absolute atomic E-state index is 0.591. The molecule has 3 aromatic heterocycles. The van der Waals surface area contributed by atoms with E-state index in [-0.39, 0.29) is 0 Å². The molecule has 50 heavy (non-hydrogen) atoms. The number of para-hydroxylation sites is 1. The lowest BCUT2D eigenvalue weighted by Crippen LogP contribution is -2.00. The molecule has 0 amide bonds. The van der Waals surface area contributed by atoms with Crippen molar-refractivity contribution in [2.24, 2.45) is 0 Å². The molecular weight excluding hydrogens is 615 g/mol. The molecular formula is C45H27N3O2. The Bertz CT molecular complexity index is 2810. The number of nitrogens with zero attached hydrogens (tertiary/aromatic N) is 3. The van der Waals surface area contributed by atoms with Crippen LogP contribution in [0.4, 0.5) is 0 Å². The minimum atomic E-state index is 0.591. The number of hydrogen-bond acceptors (Lipinski definition) is 5. The molecule has 5 heteroatoms. The predicted molar refractivity (Wildman–Crippen MR) is 202 cm³/mol. The number of aromatic nitrogens is 3. The third-order valence-electron chi connectivity index (χ3n) is 9.36. The molecule has 0 atom stereocenters. The highest BCUT2D eigenvalue weighted by atomic mass is 16.3. The van der Waals surface area contributed by atoms with Gasteiger partial charge in [0.2, 0.25) is 0 Å². The van der Waals surface area contributed by atoms with Crippen LogP contribution < -0.4 is 0 Å². The second-order valence-corrected chi connectivity index (χ2v) is 12.4. The molecule has 0 fully saturated rings. The fraction of sp³-hybridized carbons (Fsp3) is 0. The zero-order chi connectivity index (χ0) is 33.0. The molecule has 0 saturated carbocycles. The summed E-state index contributed by atoms with van der Waals surface area (Å²) in [6.45, 7) is 0. The summed E-state index contributed by atoms with van der Waals surface area (Å²) in [4.78, 5) is 14.7. The Morgan fingerprint density at radius 3 is 1.62 bits per heavy atom. The van der Waals surface area contributed by atoms with E-state index in [1.54, 1.807) is 0 Å². The van der Waals surface area contributed by atoms with Crippen LogP contribution in [0.1, 0.15) is 0 Å². The molecule has 0 N–H and O–H groups in total. The van der Waals surface area contributed by atoms with Crippen LogP contribution in [0.25, 0.3) is 100 Å². The molecule has 10 rings (SSSR count). The van der Waals surface area contributed by atoms with Crippen LogP contribution in [0.5, 0.6) is 0 Å². The van der Waals surface area contributed by atoms with Crippen molar-refractivity contribution in [2.45, 2.75) is 0 Å². The van der Waals surface area contributed by atoms with Gasteiger partial charge in [0.1, 0.15) is 22.3 Å². The van der Waals surface area contributed by atoms with Crippen molar-refractivity contribution in [1.82, 2.24) is 15.0 Å². The zero-order valence-electron chi connectivity index (χ0n) is 26.7. The molecule has 0 unspecified atom stereocenters. The van der Waals surface area contributed by atoms with Gasteiger partial charge in [0, 0.05) is 38.2 Å². The van der Waals surface area contributed by atoms with Gasteiger partial charge in [-0.2, -0.15) is 0 Å². The van der Waals surface area contributed by atoms with E-state index in [9.17, 15) is 0 Å². The Balaban J connectivity index is 1.12. The first-order valence-corrected chi connectivity index (χ1v) is 16.6. The van der Waals surface area contributed by atoms with Crippen molar-refractivity contribution in [3.8, 4) is 56.4 Å². The maximum absolute atomic E-state index is 6.56. The van der Waals surface area contributed by atoms with Crippen molar-refractivity contribution in [2.75, 3.05) is 0 Å². The molecule has 0 aliphatic rings. The van der Waals surface area contributed by atoms with Crippen LogP contribution in [0.2, 0.25) is 0 Å². The minimum Gasteiger partial charge on any atom is -0.456 e. The Morgan fingerprint density at radius 1 is 0.300 bits per heavy atom. The fourth-order valence-corrected chi connectivity index (χ4v) is 6.99. The van der Waals surface area contributed by atoms with Crippen molar-refractivity contribution in [3.05, 3.63) is 164 Å². The van der Waals surface area contributed by atoms with E-state index in [0.29, 0.717) is 17.5 Å². The van der Waals surface area contributed by atoms with E-state index in [1.165, 1.54) is 0 Å². The number of fused-ring (bicyclic) bond motifs is 6. The highest BCUT2D eigenvalue weighted by Crippen LogP contribution is 2.42. The summed E-state index contributed by atoms with van der Waals surface area (Å²) in [5, 5.41) is 4.33. The van der Waals surface area contributed by atoms with E-state index in [4.69, 9.17) is 23.8 Å². The van der Waals surface area contributed by atoms with E-state index in [2.05, 4.69) is 78.9 Å². The topological polar surface area (TPSA) is 65.0 Å². The number of rotatable bonds is 5. The number of hydrogen-bond donors (Lipinski definition) is 0. The maximum atomic E-state index is 6.56. The lowest BCUT2D eigenvalue weighted by atomic mass is 9.91. The first-order chi connectivity index (χ1) is 24.8. The van der Waals surface area contributed by atoms with Crippen molar-refractivity contribution < 1.29 is 8.83 Å². The molecule has 0 spiro atoms. The van der Waals surface area contributed by atoms with E-state index < -0.39 is 0 Å². The van der Waals surface area contributed by atoms with Crippen LogP contribution in [0.3, 0.4) is 0 Å². The maximum Gasteiger partial charge on any atom is 0.164 e. The average Bonchev–Trinajstić information content (AvgIpc) is 3.76. The highest BCUT2D eigenvalue weighted by Gasteiger charge is 2.18. The van der Waals surface area contributed by atoms with Crippen LogP contribution in [0.15, 0.2) is 173 Å². The fourth-order valence-electron chi connectivity index (χ4n) is 6.99. The highest BCUT2D eigenvalue weighted by molar-refractivity contribution is 6.14. The molecule has 0 radical (unpaired) electrons. The van der Waals surface area contributed by atoms with E-state index >= 15 is 0 Å². The summed E-state index contributed by atoms with van der Waals surface area (Å²) in [5.41, 5.74) is 10.6. The Hall–Kier alpha value is -6.85. The van der Waals surface area contributed by atoms with Crippen LogP contribution in [-0.2, 0) is 0 Å². The van der Waals surface area contributed by atoms with Gasteiger partial charge in [0.15, 0.2) is 17.5 Å². The summed E-state index contributed by atoms with van der Waals surface area (Å²) in [5.74, 6) is 1.84. The molecule has 3 heterocycles. The van der Waals surface area contributed by atoms with Crippen molar-refractivity contribution in [3.63, 3.8) is 0 Å². The molecule has 10 aromatic rings. The summed E-state index contributed by atoms with van der Waals surface area (Å²) in [6, 6.07) is 55.8. The predicted octanol–water partition coefficient (Wildman–Crippen LogP) is 12.0. The van der Waals surface area contributed by atoms with Crippen molar-refractivity contribution >= 4 is 43.9 Å². The zero-order valence-corrected chi connectivity index (χ0v) is 26.7. The Labute approximate surface area is 287 Å². The van der Waals surface area contributed by atoms with Gasteiger partial charge < -0.3 is 8.83 Å². The quantitative estimate of drug-likeness (QED) is 0.187. The lowest BCUT2D eigenvalue weighted by Gasteiger charge is -2.12. The molecule has 234 valence electrons. The first-order valence-electron chi connectivity index (χ1n) is 16.6. The Morgan fingerprint density at radius 2 is 0.860 bits per heavy atom. The molecule has 0 aliphatic carbocycles. The molecule has 0 saturated heterocycles. The molecule has 7 aromatic carbocycles. The average molecular weight is 642 g/mol. The van der Waals surface area contributed by atoms with Gasteiger partial charge >= 0.3 is 0 Å².